The summed E-state index contributed by atoms with van der Waals surface area (Å²) in [5.74, 6) is 0.212. The quantitative estimate of drug-likeness (QED) is 0.627. The SMILES string of the molecule is Cc1cccc(CN2CCN(C(=O)CN(C)Cc3nc4ccccc4s3)CC2)c1. The Labute approximate surface area is 176 Å². The highest BCUT2D eigenvalue weighted by atomic mass is 32.1. The summed E-state index contributed by atoms with van der Waals surface area (Å²) in [6, 6.07) is 16.9. The fourth-order valence-corrected chi connectivity index (χ4v) is 4.88. The molecule has 5 nitrogen and oxygen atoms in total. The fourth-order valence-electron chi connectivity index (χ4n) is 3.83. The van der Waals surface area contributed by atoms with Crippen molar-refractivity contribution in [1.82, 2.24) is 19.7 Å². The normalized spacial score (nSPS) is 15.3. The van der Waals surface area contributed by atoms with Crippen LogP contribution in [0.2, 0.25) is 0 Å². The van der Waals surface area contributed by atoms with Crippen molar-refractivity contribution < 1.29 is 4.79 Å². The van der Waals surface area contributed by atoms with Crippen LogP contribution in [0.1, 0.15) is 16.1 Å². The minimum Gasteiger partial charge on any atom is -0.339 e. The number of hydrogen-bond acceptors (Lipinski definition) is 5. The van der Waals surface area contributed by atoms with Crippen molar-refractivity contribution in [3.63, 3.8) is 0 Å². The highest BCUT2D eigenvalue weighted by Gasteiger charge is 2.22. The lowest BCUT2D eigenvalue weighted by atomic mass is 10.1. The number of aryl methyl sites for hydroxylation is 1. The molecule has 1 amide bonds. The molecule has 0 N–H and O–H groups in total. The molecule has 1 aromatic heterocycles. The van der Waals surface area contributed by atoms with Crippen LogP contribution in [0, 0.1) is 6.92 Å². The predicted octanol–water partition coefficient (Wildman–Crippen LogP) is 3.38. The monoisotopic (exact) mass is 408 g/mol. The lowest BCUT2D eigenvalue weighted by Gasteiger charge is -2.35. The van der Waals surface area contributed by atoms with Gasteiger partial charge in [0.15, 0.2) is 0 Å². The number of carbonyl (C=O) groups excluding carboxylic acids is 1. The standard InChI is InChI=1S/C23H28N4OS/c1-18-6-5-7-19(14-18)15-26-10-12-27(13-11-26)23(28)17-25(2)16-22-24-20-8-3-4-9-21(20)29-22/h3-9,14H,10-13,15-17H2,1-2H3. The van der Waals surface area contributed by atoms with Gasteiger partial charge < -0.3 is 4.90 Å². The van der Waals surface area contributed by atoms with E-state index in [0.29, 0.717) is 13.1 Å². The molecule has 1 aliphatic rings. The summed E-state index contributed by atoms with van der Waals surface area (Å²) in [6.07, 6.45) is 0. The van der Waals surface area contributed by atoms with Crippen molar-refractivity contribution in [3.8, 4) is 0 Å². The number of fused-ring (bicyclic) bond motifs is 1. The van der Waals surface area contributed by atoms with Gasteiger partial charge in [-0.15, -0.1) is 11.3 Å². The van der Waals surface area contributed by atoms with Gasteiger partial charge in [0.2, 0.25) is 5.91 Å². The van der Waals surface area contributed by atoms with Crippen LogP contribution in [-0.2, 0) is 17.9 Å². The average molecular weight is 409 g/mol. The first kappa shape index (κ1) is 20.0. The van der Waals surface area contributed by atoms with Crippen molar-refractivity contribution in [2.75, 3.05) is 39.8 Å². The maximum absolute atomic E-state index is 12.7. The summed E-state index contributed by atoms with van der Waals surface area (Å²) in [7, 11) is 2.00. The molecule has 0 bridgehead atoms. The van der Waals surface area contributed by atoms with Gasteiger partial charge in [0.1, 0.15) is 5.01 Å². The summed E-state index contributed by atoms with van der Waals surface area (Å²) >= 11 is 1.71. The zero-order valence-corrected chi connectivity index (χ0v) is 18.0. The first-order chi connectivity index (χ1) is 14.1. The van der Waals surface area contributed by atoms with E-state index in [4.69, 9.17) is 0 Å². The summed E-state index contributed by atoms with van der Waals surface area (Å²) in [5, 5.41) is 1.06. The van der Waals surface area contributed by atoms with Crippen LogP contribution >= 0.6 is 11.3 Å². The third kappa shape index (κ3) is 5.21. The fraction of sp³-hybridized carbons (Fsp3) is 0.391. The number of likely N-dealkylation sites (N-methyl/N-ethyl adjacent to an activating group) is 1. The number of aromatic nitrogens is 1. The molecule has 0 spiro atoms. The molecule has 2 aromatic carbocycles. The third-order valence-corrected chi connectivity index (χ3v) is 6.38. The van der Waals surface area contributed by atoms with Crippen molar-refractivity contribution in [2.24, 2.45) is 0 Å². The maximum atomic E-state index is 12.7. The summed E-state index contributed by atoms with van der Waals surface area (Å²) in [5.41, 5.74) is 3.68. The third-order valence-electron chi connectivity index (χ3n) is 5.36. The smallest absolute Gasteiger partial charge is 0.236 e. The first-order valence-electron chi connectivity index (χ1n) is 10.2. The van der Waals surface area contributed by atoms with E-state index in [1.165, 1.54) is 15.8 Å². The van der Waals surface area contributed by atoms with Crippen molar-refractivity contribution in [1.29, 1.82) is 0 Å². The van der Waals surface area contributed by atoms with Crippen molar-refractivity contribution in [3.05, 3.63) is 64.7 Å². The number of hydrogen-bond donors (Lipinski definition) is 0. The minimum absolute atomic E-state index is 0.212. The van der Waals surface area contributed by atoms with Crippen LogP contribution in [-0.4, -0.2) is 65.4 Å². The zero-order chi connectivity index (χ0) is 20.2. The zero-order valence-electron chi connectivity index (χ0n) is 17.2. The molecule has 0 radical (unpaired) electrons. The topological polar surface area (TPSA) is 39.7 Å². The molecule has 0 unspecified atom stereocenters. The summed E-state index contributed by atoms with van der Waals surface area (Å²) in [6.45, 7) is 7.71. The van der Waals surface area contributed by atoms with Crippen LogP contribution < -0.4 is 0 Å². The Morgan fingerprint density at radius 2 is 1.90 bits per heavy atom. The molecule has 1 aliphatic heterocycles. The molecular formula is C23H28N4OS. The average Bonchev–Trinajstić information content (AvgIpc) is 3.10. The van der Waals surface area contributed by atoms with E-state index in [-0.39, 0.29) is 5.91 Å². The number of thiazole rings is 1. The van der Waals surface area contributed by atoms with Gasteiger partial charge in [-0.25, -0.2) is 4.98 Å². The first-order valence-corrected chi connectivity index (χ1v) is 11.0. The van der Waals surface area contributed by atoms with E-state index < -0.39 is 0 Å². The Bertz CT molecular complexity index is 945. The Kier molecular flexibility index (Phi) is 6.23. The van der Waals surface area contributed by atoms with Gasteiger partial charge >= 0.3 is 0 Å². The molecule has 4 rings (SSSR count). The van der Waals surface area contributed by atoms with E-state index in [9.17, 15) is 4.79 Å². The Hall–Kier alpha value is -2.28. The van der Waals surface area contributed by atoms with Gasteiger partial charge in [-0.1, -0.05) is 42.0 Å². The second-order valence-electron chi connectivity index (χ2n) is 7.89. The second-order valence-corrected chi connectivity index (χ2v) is 9.01. The minimum atomic E-state index is 0.212. The number of para-hydroxylation sites is 1. The van der Waals surface area contributed by atoms with Crippen LogP contribution in [0.15, 0.2) is 48.5 Å². The maximum Gasteiger partial charge on any atom is 0.236 e. The van der Waals surface area contributed by atoms with Gasteiger partial charge in [-0.3, -0.25) is 14.6 Å². The number of rotatable bonds is 6. The van der Waals surface area contributed by atoms with Crippen LogP contribution in [0.4, 0.5) is 0 Å². The highest BCUT2D eigenvalue weighted by molar-refractivity contribution is 7.18. The van der Waals surface area contributed by atoms with Crippen LogP contribution in [0.25, 0.3) is 10.2 Å². The second kappa shape index (κ2) is 9.03. The number of benzene rings is 2. The van der Waals surface area contributed by atoms with Gasteiger partial charge in [0, 0.05) is 32.7 Å². The molecular weight excluding hydrogens is 380 g/mol. The molecule has 6 heteroatoms. The van der Waals surface area contributed by atoms with E-state index in [1.807, 2.05) is 30.1 Å². The van der Waals surface area contributed by atoms with Crippen molar-refractivity contribution in [2.45, 2.75) is 20.0 Å². The van der Waals surface area contributed by atoms with E-state index in [2.05, 4.69) is 52.0 Å². The van der Waals surface area contributed by atoms with E-state index in [0.717, 1.165) is 43.2 Å². The Morgan fingerprint density at radius 1 is 1.10 bits per heavy atom. The number of amides is 1. The van der Waals surface area contributed by atoms with Crippen LogP contribution in [0.3, 0.4) is 0 Å². The molecule has 0 saturated carbocycles. The Balaban J connectivity index is 1.24. The highest BCUT2D eigenvalue weighted by Crippen LogP contribution is 2.22. The van der Waals surface area contributed by atoms with Crippen LogP contribution in [0.5, 0.6) is 0 Å². The van der Waals surface area contributed by atoms with Crippen molar-refractivity contribution >= 4 is 27.5 Å². The molecule has 152 valence electrons. The van der Waals surface area contributed by atoms with Gasteiger partial charge in [-0.2, -0.15) is 0 Å². The number of nitrogens with zero attached hydrogens (tertiary/aromatic N) is 4. The molecule has 2 heterocycles. The largest absolute Gasteiger partial charge is 0.339 e. The van der Waals surface area contributed by atoms with E-state index in [1.54, 1.807) is 11.3 Å². The number of carbonyl (C=O) groups is 1. The lowest BCUT2D eigenvalue weighted by molar-refractivity contribution is -0.134. The van der Waals surface area contributed by atoms with Gasteiger partial charge in [-0.05, 0) is 31.7 Å². The Morgan fingerprint density at radius 3 is 2.66 bits per heavy atom. The molecule has 0 atom stereocenters. The lowest BCUT2D eigenvalue weighted by Crippen LogP contribution is -2.50. The summed E-state index contributed by atoms with van der Waals surface area (Å²) < 4.78 is 1.20. The van der Waals surface area contributed by atoms with Gasteiger partial charge in [0.05, 0.1) is 23.3 Å². The molecule has 0 aliphatic carbocycles. The van der Waals surface area contributed by atoms with Gasteiger partial charge in [0.25, 0.3) is 0 Å². The number of piperazine rings is 1. The molecule has 29 heavy (non-hydrogen) atoms. The molecule has 1 fully saturated rings. The molecule has 1 saturated heterocycles. The summed E-state index contributed by atoms with van der Waals surface area (Å²) in [4.78, 5) is 23.9. The van der Waals surface area contributed by atoms with E-state index >= 15 is 0 Å². The molecule has 3 aromatic rings. The predicted molar refractivity (Wildman–Crippen MR) is 119 cm³/mol.